The number of carboxylic acid groups (broad SMARTS) is 1. The van der Waals surface area contributed by atoms with Crippen LogP contribution in [-0.4, -0.2) is 31.5 Å². The SMILES string of the molecule is CC(C)(C[C@H]1CC[C@H](n2cc(C(=O)Nc3c(Cl)cncc3Cl)c(=O)c3cccnc32)CC1)C(=O)O. The lowest BCUT2D eigenvalue weighted by Gasteiger charge is -2.34. The van der Waals surface area contributed by atoms with Crippen LogP contribution >= 0.6 is 23.2 Å². The minimum absolute atomic E-state index is 0.0249. The van der Waals surface area contributed by atoms with Crippen molar-refractivity contribution in [3.05, 3.63) is 62.8 Å². The Morgan fingerprint density at radius 3 is 2.46 bits per heavy atom. The molecule has 3 aromatic rings. The fraction of sp³-hybridized carbons (Fsp3) is 0.400. The van der Waals surface area contributed by atoms with Gasteiger partial charge in [0.15, 0.2) is 0 Å². The zero-order valence-electron chi connectivity index (χ0n) is 19.4. The minimum Gasteiger partial charge on any atom is -0.481 e. The first-order valence-corrected chi connectivity index (χ1v) is 12.2. The number of hydrogen-bond acceptors (Lipinski definition) is 5. The minimum atomic E-state index is -0.791. The normalized spacial score (nSPS) is 18.4. The molecule has 2 N–H and O–H groups in total. The van der Waals surface area contributed by atoms with E-state index in [1.807, 2.05) is 4.57 Å². The lowest BCUT2D eigenvalue weighted by molar-refractivity contribution is -0.148. The van der Waals surface area contributed by atoms with E-state index in [9.17, 15) is 19.5 Å². The first-order valence-electron chi connectivity index (χ1n) is 11.4. The van der Waals surface area contributed by atoms with Crippen LogP contribution in [0.3, 0.4) is 0 Å². The maximum atomic E-state index is 13.2. The largest absolute Gasteiger partial charge is 0.481 e. The molecule has 8 nitrogen and oxygen atoms in total. The van der Waals surface area contributed by atoms with Gasteiger partial charge in [-0.15, -0.1) is 0 Å². The van der Waals surface area contributed by atoms with Crippen LogP contribution in [0.15, 0.2) is 41.7 Å². The second kappa shape index (κ2) is 9.95. The molecule has 3 heterocycles. The Hall–Kier alpha value is -2.97. The number of halogens is 2. The van der Waals surface area contributed by atoms with Crippen LogP contribution in [0.4, 0.5) is 5.69 Å². The van der Waals surface area contributed by atoms with E-state index in [2.05, 4.69) is 15.3 Å². The summed E-state index contributed by atoms with van der Waals surface area (Å²) in [5, 5.41) is 12.8. The monoisotopic (exact) mass is 516 g/mol. The molecule has 0 spiro atoms. The Morgan fingerprint density at radius 1 is 1.17 bits per heavy atom. The van der Waals surface area contributed by atoms with Gasteiger partial charge in [0.05, 0.1) is 26.5 Å². The van der Waals surface area contributed by atoms with Crippen LogP contribution in [0.5, 0.6) is 0 Å². The highest BCUT2D eigenvalue weighted by atomic mass is 35.5. The van der Waals surface area contributed by atoms with E-state index in [1.54, 1.807) is 38.4 Å². The van der Waals surface area contributed by atoms with Crippen LogP contribution in [0.25, 0.3) is 11.0 Å². The Labute approximate surface area is 212 Å². The number of anilines is 1. The van der Waals surface area contributed by atoms with Crippen molar-refractivity contribution in [1.82, 2.24) is 14.5 Å². The van der Waals surface area contributed by atoms with Crippen LogP contribution in [-0.2, 0) is 4.79 Å². The zero-order chi connectivity index (χ0) is 25.3. The number of aromatic nitrogens is 3. The van der Waals surface area contributed by atoms with Gasteiger partial charge in [-0.25, -0.2) is 4.98 Å². The third kappa shape index (κ3) is 5.18. The van der Waals surface area contributed by atoms with Gasteiger partial charge in [-0.1, -0.05) is 23.2 Å². The van der Waals surface area contributed by atoms with Gasteiger partial charge in [-0.3, -0.25) is 19.4 Å². The Bertz CT molecular complexity index is 1330. The van der Waals surface area contributed by atoms with Crippen molar-refractivity contribution in [3.8, 4) is 0 Å². The maximum absolute atomic E-state index is 13.2. The number of fused-ring (bicyclic) bond motifs is 1. The third-order valence-electron chi connectivity index (χ3n) is 6.71. The number of nitrogens with one attached hydrogen (secondary N) is 1. The molecule has 1 saturated carbocycles. The lowest BCUT2D eigenvalue weighted by atomic mass is 9.75. The van der Waals surface area contributed by atoms with Crippen molar-refractivity contribution in [1.29, 1.82) is 0 Å². The summed E-state index contributed by atoms with van der Waals surface area (Å²) in [5.74, 6) is -1.11. The van der Waals surface area contributed by atoms with E-state index in [1.165, 1.54) is 12.4 Å². The highest BCUT2D eigenvalue weighted by Crippen LogP contribution is 2.39. The quantitative estimate of drug-likeness (QED) is 0.441. The number of carboxylic acids is 1. The van der Waals surface area contributed by atoms with Crippen molar-refractivity contribution in [2.45, 2.75) is 52.0 Å². The first-order chi connectivity index (χ1) is 16.6. The van der Waals surface area contributed by atoms with Crippen molar-refractivity contribution in [2.75, 3.05) is 5.32 Å². The third-order valence-corrected chi connectivity index (χ3v) is 7.29. The summed E-state index contributed by atoms with van der Waals surface area (Å²) in [5.41, 5.74) is -0.539. The average molecular weight is 517 g/mol. The van der Waals surface area contributed by atoms with E-state index < -0.39 is 22.7 Å². The van der Waals surface area contributed by atoms with Crippen molar-refractivity contribution in [2.24, 2.45) is 11.3 Å². The van der Waals surface area contributed by atoms with Gasteiger partial charge < -0.3 is 15.0 Å². The van der Waals surface area contributed by atoms with Crippen molar-refractivity contribution < 1.29 is 14.7 Å². The van der Waals surface area contributed by atoms with Crippen LogP contribution in [0, 0.1) is 11.3 Å². The molecule has 1 aliphatic rings. The average Bonchev–Trinajstić information content (AvgIpc) is 2.82. The molecule has 0 unspecified atom stereocenters. The molecule has 1 fully saturated rings. The molecule has 0 aromatic carbocycles. The number of carbonyl (C=O) groups excluding carboxylic acids is 1. The van der Waals surface area contributed by atoms with E-state index in [4.69, 9.17) is 23.2 Å². The van der Waals surface area contributed by atoms with Gasteiger partial charge in [0, 0.05) is 30.8 Å². The molecule has 0 radical (unpaired) electrons. The van der Waals surface area contributed by atoms with Gasteiger partial charge >= 0.3 is 5.97 Å². The van der Waals surface area contributed by atoms with Crippen LogP contribution < -0.4 is 10.7 Å². The number of carbonyl (C=O) groups is 2. The highest BCUT2D eigenvalue weighted by molar-refractivity contribution is 6.39. The molecular formula is C25H26Cl2N4O4. The number of pyridine rings is 3. The van der Waals surface area contributed by atoms with E-state index in [0.717, 1.165) is 25.7 Å². The number of hydrogen-bond donors (Lipinski definition) is 2. The lowest BCUT2D eigenvalue weighted by Crippen LogP contribution is -2.30. The molecule has 10 heteroatoms. The smallest absolute Gasteiger partial charge is 0.309 e. The van der Waals surface area contributed by atoms with Gasteiger partial charge in [-0.2, -0.15) is 0 Å². The first kappa shape index (κ1) is 25.1. The number of aliphatic carboxylic acids is 1. The molecule has 0 aliphatic heterocycles. The molecule has 0 atom stereocenters. The molecular weight excluding hydrogens is 491 g/mol. The summed E-state index contributed by atoms with van der Waals surface area (Å²) in [6, 6.07) is 3.35. The predicted molar refractivity (Wildman–Crippen MR) is 135 cm³/mol. The zero-order valence-corrected chi connectivity index (χ0v) is 20.9. The van der Waals surface area contributed by atoms with Crippen LogP contribution in [0.2, 0.25) is 10.0 Å². The number of rotatable bonds is 6. The van der Waals surface area contributed by atoms with Gasteiger partial charge in [-0.05, 0) is 64.0 Å². The fourth-order valence-corrected chi connectivity index (χ4v) is 5.23. The van der Waals surface area contributed by atoms with E-state index >= 15 is 0 Å². The standard InChI is InChI=1S/C25H26Cl2N4O4/c1-25(2,24(34)35)10-14-5-7-15(8-6-14)31-13-17(21(32)16-4-3-9-29-22(16)31)23(33)30-20-18(26)11-28-12-19(20)27/h3-4,9,11-15H,5-8,10H2,1-2H3,(H,34,35)(H,28,30,33)/t14-,15-. The predicted octanol–water partition coefficient (Wildman–Crippen LogP) is 5.58. The van der Waals surface area contributed by atoms with Gasteiger partial charge in [0.25, 0.3) is 5.91 Å². The van der Waals surface area contributed by atoms with Crippen molar-refractivity contribution in [3.63, 3.8) is 0 Å². The molecule has 4 rings (SSSR count). The molecule has 35 heavy (non-hydrogen) atoms. The number of nitrogens with zero attached hydrogens (tertiary/aromatic N) is 3. The Morgan fingerprint density at radius 2 is 1.83 bits per heavy atom. The summed E-state index contributed by atoms with van der Waals surface area (Å²) in [4.78, 5) is 46.2. The Balaban J connectivity index is 1.64. The summed E-state index contributed by atoms with van der Waals surface area (Å²) >= 11 is 12.3. The maximum Gasteiger partial charge on any atom is 0.309 e. The summed E-state index contributed by atoms with van der Waals surface area (Å²) in [6.07, 6.45) is 9.79. The molecule has 0 saturated heterocycles. The van der Waals surface area contributed by atoms with E-state index in [-0.39, 0.29) is 27.3 Å². The molecule has 1 aliphatic carbocycles. The Kier molecular flexibility index (Phi) is 7.15. The molecule has 1 amide bonds. The van der Waals surface area contributed by atoms with Gasteiger partial charge in [0.2, 0.25) is 5.43 Å². The van der Waals surface area contributed by atoms with E-state index in [0.29, 0.717) is 23.4 Å². The fourth-order valence-electron chi connectivity index (χ4n) is 4.77. The highest BCUT2D eigenvalue weighted by Gasteiger charge is 2.33. The summed E-state index contributed by atoms with van der Waals surface area (Å²) in [6.45, 7) is 3.51. The molecule has 184 valence electrons. The number of amides is 1. The second-order valence-electron chi connectivity index (χ2n) is 9.65. The summed E-state index contributed by atoms with van der Waals surface area (Å²) < 4.78 is 1.90. The molecule has 3 aromatic heterocycles. The summed E-state index contributed by atoms with van der Waals surface area (Å²) in [7, 11) is 0. The van der Waals surface area contributed by atoms with Gasteiger partial charge in [0.1, 0.15) is 11.2 Å². The molecule has 0 bridgehead atoms. The van der Waals surface area contributed by atoms with Crippen LogP contribution in [0.1, 0.15) is 62.4 Å². The topological polar surface area (TPSA) is 114 Å². The van der Waals surface area contributed by atoms with Crippen molar-refractivity contribution >= 4 is 51.8 Å². The second-order valence-corrected chi connectivity index (χ2v) is 10.5.